The van der Waals surface area contributed by atoms with Crippen molar-refractivity contribution in [2.45, 2.75) is 37.0 Å². The Morgan fingerprint density at radius 1 is 1.31 bits per heavy atom. The van der Waals surface area contributed by atoms with Crippen molar-refractivity contribution in [2.24, 2.45) is 0 Å². The number of hydrogen-bond donors (Lipinski definition) is 2. The number of halogens is 3. The summed E-state index contributed by atoms with van der Waals surface area (Å²) in [5.41, 5.74) is 0.137. The van der Waals surface area contributed by atoms with Gasteiger partial charge in [0.05, 0.1) is 5.25 Å². The number of amides is 1. The van der Waals surface area contributed by atoms with Crippen LogP contribution >= 0.6 is 11.8 Å². The minimum atomic E-state index is -4.78. The highest BCUT2D eigenvalue weighted by Gasteiger charge is 2.31. The van der Waals surface area contributed by atoms with E-state index < -0.39 is 17.2 Å². The third-order valence-electron chi connectivity index (χ3n) is 3.11. The highest BCUT2D eigenvalue weighted by Crippen LogP contribution is 2.25. The summed E-state index contributed by atoms with van der Waals surface area (Å²) in [7, 11) is 0. The zero-order valence-electron chi connectivity index (χ0n) is 13.8. The minimum Gasteiger partial charge on any atom is -0.406 e. The predicted molar refractivity (Wildman–Crippen MR) is 89.1 cm³/mol. The SMILES string of the molecule is CCC(Sc1nnc(C)c(=O)[nH]1)C(=O)Nc1ccc(OC(F)(F)F)cc1. The van der Waals surface area contributed by atoms with Gasteiger partial charge in [0.25, 0.3) is 5.56 Å². The van der Waals surface area contributed by atoms with Gasteiger partial charge in [0.1, 0.15) is 11.4 Å². The summed E-state index contributed by atoms with van der Waals surface area (Å²) in [4.78, 5) is 26.4. The number of H-pyrrole nitrogens is 1. The number of nitrogens with one attached hydrogen (secondary N) is 2. The Kier molecular flexibility index (Phi) is 6.24. The van der Waals surface area contributed by atoms with E-state index in [9.17, 15) is 22.8 Å². The van der Waals surface area contributed by atoms with Crippen molar-refractivity contribution in [1.29, 1.82) is 0 Å². The summed E-state index contributed by atoms with van der Waals surface area (Å²) in [5.74, 6) is -0.769. The number of aromatic amines is 1. The predicted octanol–water partition coefficient (Wildman–Crippen LogP) is 2.88. The average Bonchev–Trinajstić information content (AvgIpc) is 2.56. The molecule has 0 spiro atoms. The fourth-order valence-corrected chi connectivity index (χ4v) is 2.69. The molecule has 0 bridgehead atoms. The van der Waals surface area contributed by atoms with Crippen molar-refractivity contribution < 1.29 is 22.7 Å². The van der Waals surface area contributed by atoms with Crippen LogP contribution in [0.1, 0.15) is 19.0 Å². The van der Waals surface area contributed by atoms with E-state index >= 15 is 0 Å². The molecule has 0 fully saturated rings. The molecular weight excluding hydrogens is 373 g/mol. The zero-order valence-corrected chi connectivity index (χ0v) is 14.6. The van der Waals surface area contributed by atoms with E-state index in [1.54, 1.807) is 6.92 Å². The van der Waals surface area contributed by atoms with Crippen LogP contribution in [0.5, 0.6) is 5.75 Å². The van der Waals surface area contributed by atoms with E-state index in [1.807, 2.05) is 0 Å². The first-order valence-electron chi connectivity index (χ1n) is 7.45. The molecule has 0 saturated heterocycles. The Labute approximate surface area is 150 Å². The molecule has 1 aromatic carbocycles. The van der Waals surface area contributed by atoms with Crippen molar-refractivity contribution >= 4 is 23.4 Å². The molecule has 0 radical (unpaired) electrons. The first-order valence-corrected chi connectivity index (χ1v) is 8.33. The first-order chi connectivity index (χ1) is 12.2. The molecule has 2 N–H and O–H groups in total. The number of benzene rings is 1. The number of thioether (sulfide) groups is 1. The standard InChI is InChI=1S/C15H15F3N4O3S/c1-3-11(26-14-20-12(23)8(2)21-22-14)13(24)19-9-4-6-10(7-5-9)25-15(16,17)18/h4-7,11H,3H2,1-2H3,(H,19,24)(H,20,22,23). The van der Waals surface area contributed by atoms with Gasteiger partial charge in [-0.2, -0.15) is 0 Å². The van der Waals surface area contributed by atoms with Crippen LogP contribution in [0.3, 0.4) is 0 Å². The van der Waals surface area contributed by atoms with Gasteiger partial charge in [-0.1, -0.05) is 18.7 Å². The molecule has 140 valence electrons. The van der Waals surface area contributed by atoms with Gasteiger partial charge >= 0.3 is 6.36 Å². The van der Waals surface area contributed by atoms with Crippen molar-refractivity contribution in [2.75, 3.05) is 5.32 Å². The van der Waals surface area contributed by atoms with Crippen LogP contribution in [-0.2, 0) is 4.79 Å². The average molecular weight is 388 g/mol. The maximum atomic E-state index is 12.3. The molecule has 0 aliphatic carbocycles. The van der Waals surface area contributed by atoms with Crippen molar-refractivity contribution in [3.63, 3.8) is 0 Å². The molecule has 1 heterocycles. The molecule has 0 aliphatic rings. The van der Waals surface area contributed by atoms with Gasteiger partial charge < -0.3 is 10.1 Å². The van der Waals surface area contributed by atoms with Gasteiger partial charge in [-0.15, -0.1) is 23.4 Å². The lowest BCUT2D eigenvalue weighted by Crippen LogP contribution is -2.25. The van der Waals surface area contributed by atoms with E-state index in [0.29, 0.717) is 12.1 Å². The molecule has 1 atom stereocenters. The summed E-state index contributed by atoms with van der Waals surface area (Å²) in [6, 6.07) is 4.79. The summed E-state index contributed by atoms with van der Waals surface area (Å²) in [5, 5.41) is 9.73. The lowest BCUT2D eigenvalue weighted by Gasteiger charge is -2.14. The van der Waals surface area contributed by atoms with Crippen LogP contribution < -0.4 is 15.6 Å². The molecule has 1 amide bonds. The van der Waals surface area contributed by atoms with Gasteiger partial charge in [-0.3, -0.25) is 14.6 Å². The van der Waals surface area contributed by atoms with E-state index in [0.717, 1.165) is 23.9 Å². The Bertz CT molecular complexity index is 824. The van der Waals surface area contributed by atoms with Crippen molar-refractivity contribution in [3.8, 4) is 5.75 Å². The zero-order chi connectivity index (χ0) is 19.3. The summed E-state index contributed by atoms with van der Waals surface area (Å²) in [6.45, 7) is 3.29. The highest BCUT2D eigenvalue weighted by molar-refractivity contribution is 8.00. The number of carbonyl (C=O) groups excluding carboxylic acids is 1. The number of rotatable bonds is 6. The number of alkyl halides is 3. The second-order valence-corrected chi connectivity index (χ2v) is 6.31. The molecule has 0 saturated carbocycles. The van der Waals surface area contributed by atoms with E-state index in [4.69, 9.17) is 0 Å². The van der Waals surface area contributed by atoms with E-state index in [1.165, 1.54) is 19.1 Å². The number of nitrogens with zero attached hydrogens (tertiary/aromatic N) is 2. The lowest BCUT2D eigenvalue weighted by molar-refractivity contribution is -0.274. The van der Waals surface area contributed by atoms with Crippen LogP contribution in [0.4, 0.5) is 18.9 Å². The summed E-state index contributed by atoms with van der Waals surface area (Å²) < 4.78 is 40.2. The molecule has 2 rings (SSSR count). The fraction of sp³-hybridized carbons (Fsp3) is 0.333. The van der Waals surface area contributed by atoms with Crippen LogP contribution in [0.15, 0.2) is 34.2 Å². The van der Waals surface area contributed by atoms with E-state index in [2.05, 4.69) is 25.2 Å². The van der Waals surface area contributed by atoms with Crippen LogP contribution in [-0.4, -0.2) is 32.7 Å². The second kappa shape index (κ2) is 8.21. The van der Waals surface area contributed by atoms with Crippen LogP contribution in [0.2, 0.25) is 0 Å². The summed E-state index contributed by atoms with van der Waals surface area (Å²) in [6.07, 6.45) is -4.34. The number of carbonyl (C=O) groups is 1. The second-order valence-electron chi connectivity index (χ2n) is 5.12. The third-order valence-corrected chi connectivity index (χ3v) is 4.35. The maximum absolute atomic E-state index is 12.3. The maximum Gasteiger partial charge on any atom is 0.573 e. The van der Waals surface area contributed by atoms with Crippen molar-refractivity contribution in [1.82, 2.24) is 15.2 Å². The number of anilines is 1. The number of aryl methyl sites for hydroxylation is 1. The molecule has 2 aromatic rings. The van der Waals surface area contributed by atoms with Crippen LogP contribution in [0.25, 0.3) is 0 Å². The van der Waals surface area contributed by atoms with Crippen molar-refractivity contribution in [3.05, 3.63) is 40.3 Å². The van der Waals surface area contributed by atoms with Gasteiger partial charge in [-0.05, 0) is 37.6 Å². The number of ether oxygens (including phenoxy) is 1. The number of aromatic nitrogens is 3. The highest BCUT2D eigenvalue weighted by atomic mass is 32.2. The largest absolute Gasteiger partial charge is 0.573 e. The quantitative estimate of drug-likeness (QED) is 0.739. The molecule has 0 aliphatic heterocycles. The smallest absolute Gasteiger partial charge is 0.406 e. The normalized spacial score (nSPS) is 12.5. The third kappa shape index (κ3) is 5.76. The monoisotopic (exact) mass is 388 g/mol. The molecule has 1 unspecified atom stereocenters. The van der Waals surface area contributed by atoms with E-state index in [-0.39, 0.29) is 22.5 Å². The molecule has 7 nitrogen and oxygen atoms in total. The molecule has 1 aromatic heterocycles. The number of hydrogen-bond acceptors (Lipinski definition) is 6. The Hall–Kier alpha value is -2.56. The Balaban J connectivity index is 2.02. The van der Waals surface area contributed by atoms with Gasteiger partial charge in [0, 0.05) is 5.69 Å². The summed E-state index contributed by atoms with van der Waals surface area (Å²) >= 11 is 1.04. The molecule has 26 heavy (non-hydrogen) atoms. The molecule has 11 heteroatoms. The van der Waals surface area contributed by atoms with Gasteiger partial charge in [-0.25, -0.2) is 0 Å². The molecular formula is C15H15F3N4O3S. The van der Waals surface area contributed by atoms with Gasteiger partial charge in [0.15, 0.2) is 5.16 Å². The lowest BCUT2D eigenvalue weighted by atomic mass is 10.2. The topological polar surface area (TPSA) is 97.0 Å². The Morgan fingerprint density at radius 3 is 2.50 bits per heavy atom. The van der Waals surface area contributed by atoms with Gasteiger partial charge in [0.2, 0.25) is 5.91 Å². The fourth-order valence-electron chi connectivity index (χ4n) is 1.85. The Morgan fingerprint density at radius 2 is 1.96 bits per heavy atom. The minimum absolute atomic E-state index is 0.205. The first kappa shape index (κ1) is 19.8. The van der Waals surface area contributed by atoms with Crippen LogP contribution in [0, 0.1) is 6.92 Å².